The van der Waals surface area contributed by atoms with Crippen molar-refractivity contribution in [3.8, 4) is 0 Å². The normalized spacial score (nSPS) is 21.4. The van der Waals surface area contributed by atoms with Crippen LogP contribution in [0.4, 0.5) is 0 Å². The number of hydrogen-bond donors (Lipinski definition) is 1. The van der Waals surface area contributed by atoms with Crippen LogP contribution in [-0.4, -0.2) is 11.8 Å². The topological polar surface area (TPSA) is 43.1 Å². The minimum absolute atomic E-state index is 0.0921. The van der Waals surface area contributed by atoms with Crippen LogP contribution in [0.2, 0.25) is 0 Å². The van der Waals surface area contributed by atoms with Crippen molar-refractivity contribution in [2.75, 3.05) is 0 Å². The molecule has 0 aromatic carbocycles. The molecule has 1 aliphatic rings. The fourth-order valence-electron chi connectivity index (χ4n) is 1.99. The number of carbonyl (C=O) groups is 1. The van der Waals surface area contributed by atoms with Crippen molar-refractivity contribution >= 4 is 5.78 Å². The van der Waals surface area contributed by atoms with Crippen LogP contribution in [0.3, 0.4) is 0 Å². The molecule has 1 rings (SSSR count). The summed E-state index contributed by atoms with van der Waals surface area (Å²) in [6, 6.07) is 0.0921. The van der Waals surface area contributed by atoms with Crippen LogP contribution >= 0.6 is 0 Å². The van der Waals surface area contributed by atoms with Crippen molar-refractivity contribution in [1.29, 1.82) is 0 Å². The van der Waals surface area contributed by atoms with E-state index in [9.17, 15) is 4.79 Å². The van der Waals surface area contributed by atoms with Gasteiger partial charge in [-0.15, -0.1) is 0 Å². The molecule has 2 N–H and O–H groups in total. The van der Waals surface area contributed by atoms with Gasteiger partial charge in [0, 0.05) is 18.4 Å². The fourth-order valence-corrected chi connectivity index (χ4v) is 1.99. The Morgan fingerprint density at radius 2 is 2.00 bits per heavy atom. The van der Waals surface area contributed by atoms with E-state index < -0.39 is 0 Å². The first kappa shape index (κ1) is 10.7. The standard InChI is InChI=1S/C11H21NO/c1-2-10(12)8-11(13)9-6-4-3-5-7-9/h9-10H,2-8,12H2,1H3. The van der Waals surface area contributed by atoms with Gasteiger partial charge in [0.05, 0.1) is 0 Å². The molecule has 0 saturated heterocycles. The van der Waals surface area contributed by atoms with Crippen LogP contribution in [0, 0.1) is 5.92 Å². The molecule has 1 atom stereocenters. The first-order valence-electron chi connectivity index (χ1n) is 5.52. The first-order valence-corrected chi connectivity index (χ1v) is 5.52. The third-order valence-electron chi connectivity index (χ3n) is 3.05. The van der Waals surface area contributed by atoms with Crippen LogP contribution in [0.1, 0.15) is 51.9 Å². The highest BCUT2D eigenvalue weighted by Crippen LogP contribution is 2.25. The zero-order chi connectivity index (χ0) is 9.68. The summed E-state index contributed by atoms with van der Waals surface area (Å²) in [5.74, 6) is 0.750. The molecule has 13 heavy (non-hydrogen) atoms. The monoisotopic (exact) mass is 183 g/mol. The molecule has 1 unspecified atom stereocenters. The molecule has 0 heterocycles. The molecule has 0 spiro atoms. The van der Waals surface area contributed by atoms with Gasteiger partial charge in [0.2, 0.25) is 0 Å². The highest BCUT2D eigenvalue weighted by Gasteiger charge is 2.21. The maximum atomic E-state index is 11.7. The summed E-state index contributed by atoms with van der Waals surface area (Å²) < 4.78 is 0. The van der Waals surface area contributed by atoms with Gasteiger partial charge in [-0.05, 0) is 19.3 Å². The van der Waals surface area contributed by atoms with E-state index in [-0.39, 0.29) is 6.04 Å². The Morgan fingerprint density at radius 3 is 2.54 bits per heavy atom. The molecule has 0 aromatic heterocycles. The number of carbonyl (C=O) groups excluding carboxylic acids is 1. The summed E-state index contributed by atoms with van der Waals surface area (Å²) in [5, 5.41) is 0. The van der Waals surface area contributed by atoms with Crippen molar-refractivity contribution in [2.24, 2.45) is 11.7 Å². The zero-order valence-electron chi connectivity index (χ0n) is 8.59. The number of ketones is 1. The third kappa shape index (κ3) is 3.47. The van der Waals surface area contributed by atoms with Crippen molar-refractivity contribution in [1.82, 2.24) is 0 Å². The lowest BCUT2D eigenvalue weighted by molar-refractivity contribution is -0.124. The van der Waals surface area contributed by atoms with E-state index in [1.165, 1.54) is 19.3 Å². The third-order valence-corrected chi connectivity index (χ3v) is 3.05. The summed E-state index contributed by atoms with van der Waals surface area (Å²) in [6.45, 7) is 2.04. The summed E-state index contributed by atoms with van der Waals surface area (Å²) in [6.07, 6.45) is 7.50. The quantitative estimate of drug-likeness (QED) is 0.726. The molecular formula is C11H21NO. The molecule has 0 radical (unpaired) electrons. The predicted octanol–water partition coefficient (Wildman–Crippen LogP) is 2.26. The van der Waals surface area contributed by atoms with E-state index in [1.54, 1.807) is 0 Å². The first-order chi connectivity index (χ1) is 6.24. The molecule has 1 aliphatic carbocycles. The van der Waals surface area contributed by atoms with Crippen molar-refractivity contribution in [3.63, 3.8) is 0 Å². The van der Waals surface area contributed by atoms with Gasteiger partial charge in [0.15, 0.2) is 0 Å². The van der Waals surface area contributed by atoms with Crippen molar-refractivity contribution < 1.29 is 4.79 Å². The van der Waals surface area contributed by atoms with E-state index in [4.69, 9.17) is 5.73 Å². The Kier molecular flexibility index (Phi) is 4.43. The van der Waals surface area contributed by atoms with Crippen LogP contribution < -0.4 is 5.73 Å². The Labute approximate surface area is 80.9 Å². The van der Waals surface area contributed by atoms with E-state index >= 15 is 0 Å². The molecule has 0 bridgehead atoms. The number of hydrogen-bond acceptors (Lipinski definition) is 2. The molecular weight excluding hydrogens is 162 g/mol. The second kappa shape index (κ2) is 5.38. The Hall–Kier alpha value is -0.370. The molecule has 0 amide bonds. The maximum Gasteiger partial charge on any atom is 0.137 e. The van der Waals surface area contributed by atoms with Crippen LogP contribution in [-0.2, 0) is 4.79 Å². The summed E-state index contributed by atoms with van der Waals surface area (Å²) in [5.41, 5.74) is 5.76. The minimum Gasteiger partial charge on any atom is -0.327 e. The maximum absolute atomic E-state index is 11.7. The average Bonchev–Trinajstić information content (AvgIpc) is 2.19. The molecule has 0 aliphatic heterocycles. The van der Waals surface area contributed by atoms with Crippen LogP contribution in [0.15, 0.2) is 0 Å². The lowest BCUT2D eigenvalue weighted by Crippen LogP contribution is -2.27. The summed E-state index contributed by atoms with van der Waals surface area (Å²) >= 11 is 0. The highest BCUT2D eigenvalue weighted by molar-refractivity contribution is 5.81. The second-order valence-corrected chi connectivity index (χ2v) is 4.17. The SMILES string of the molecule is CCC(N)CC(=O)C1CCCCC1. The smallest absolute Gasteiger partial charge is 0.137 e. The van der Waals surface area contributed by atoms with Gasteiger partial charge in [-0.25, -0.2) is 0 Å². The number of rotatable bonds is 4. The lowest BCUT2D eigenvalue weighted by Gasteiger charge is -2.21. The fraction of sp³-hybridized carbons (Fsp3) is 0.909. The number of Topliss-reactive ketones (excluding diaryl/α,β-unsaturated/α-hetero) is 1. The molecule has 1 saturated carbocycles. The van der Waals surface area contributed by atoms with E-state index in [0.717, 1.165) is 19.3 Å². The van der Waals surface area contributed by atoms with E-state index in [0.29, 0.717) is 18.1 Å². The Morgan fingerprint density at radius 1 is 1.38 bits per heavy atom. The van der Waals surface area contributed by atoms with Crippen molar-refractivity contribution in [3.05, 3.63) is 0 Å². The molecule has 2 nitrogen and oxygen atoms in total. The molecule has 1 fully saturated rings. The van der Waals surface area contributed by atoms with E-state index in [2.05, 4.69) is 0 Å². The average molecular weight is 183 g/mol. The van der Waals surface area contributed by atoms with Gasteiger partial charge < -0.3 is 5.73 Å². The molecule has 0 aromatic rings. The van der Waals surface area contributed by atoms with Gasteiger partial charge in [0.1, 0.15) is 5.78 Å². The van der Waals surface area contributed by atoms with Gasteiger partial charge in [-0.1, -0.05) is 26.2 Å². The molecule has 2 heteroatoms. The Balaban J connectivity index is 2.29. The number of nitrogens with two attached hydrogens (primary N) is 1. The highest BCUT2D eigenvalue weighted by atomic mass is 16.1. The van der Waals surface area contributed by atoms with Gasteiger partial charge in [0.25, 0.3) is 0 Å². The lowest BCUT2D eigenvalue weighted by atomic mass is 9.84. The minimum atomic E-state index is 0.0921. The summed E-state index contributed by atoms with van der Waals surface area (Å²) in [4.78, 5) is 11.7. The summed E-state index contributed by atoms with van der Waals surface area (Å²) in [7, 11) is 0. The van der Waals surface area contributed by atoms with Gasteiger partial charge >= 0.3 is 0 Å². The predicted molar refractivity (Wildman–Crippen MR) is 54.5 cm³/mol. The largest absolute Gasteiger partial charge is 0.327 e. The van der Waals surface area contributed by atoms with Crippen LogP contribution in [0.5, 0.6) is 0 Å². The van der Waals surface area contributed by atoms with Crippen LogP contribution in [0.25, 0.3) is 0 Å². The second-order valence-electron chi connectivity index (χ2n) is 4.17. The van der Waals surface area contributed by atoms with Gasteiger partial charge in [-0.3, -0.25) is 4.79 Å². The van der Waals surface area contributed by atoms with E-state index in [1.807, 2.05) is 6.92 Å². The Bertz CT molecular complexity index is 161. The van der Waals surface area contributed by atoms with Gasteiger partial charge in [-0.2, -0.15) is 0 Å². The van der Waals surface area contributed by atoms with Crippen molar-refractivity contribution in [2.45, 2.75) is 57.9 Å². The molecule has 76 valence electrons. The zero-order valence-corrected chi connectivity index (χ0v) is 8.59.